The topological polar surface area (TPSA) is 110 Å². The Balaban J connectivity index is 2.09. The third kappa shape index (κ3) is 4.10. The summed E-state index contributed by atoms with van der Waals surface area (Å²) in [6.45, 7) is 1.87. The van der Waals surface area contributed by atoms with Crippen molar-refractivity contribution in [2.24, 2.45) is 0 Å². The molecule has 2 rings (SSSR count). The van der Waals surface area contributed by atoms with Gasteiger partial charge in [0.15, 0.2) is 5.82 Å². The molecular formula is C13H15N5O3. The molecular weight excluding hydrogens is 274 g/mol. The number of aryl methyl sites for hydroxylation is 1. The summed E-state index contributed by atoms with van der Waals surface area (Å²) in [7, 11) is 0. The van der Waals surface area contributed by atoms with E-state index >= 15 is 0 Å². The molecule has 1 amide bonds. The van der Waals surface area contributed by atoms with Crippen molar-refractivity contribution in [2.45, 2.75) is 26.3 Å². The molecule has 0 aliphatic carbocycles. The summed E-state index contributed by atoms with van der Waals surface area (Å²) in [6, 6.07) is 7.11. The highest BCUT2D eigenvalue weighted by atomic mass is 16.4. The number of benzene rings is 1. The summed E-state index contributed by atoms with van der Waals surface area (Å²) in [5.41, 5.74) is 1.49. The molecule has 2 N–H and O–H groups in total. The number of hydrogen-bond acceptors (Lipinski definition) is 5. The third-order valence-electron chi connectivity index (χ3n) is 2.76. The van der Waals surface area contributed by atoms with E-state index in [0.717, 1.165) is 5.56 Å². The quantitative estimate of drug-likeness (QED) is 0.825. The summed E-state index contributed by atoms with van der Waals surface area (Å²) >= 11 is 0. The van der Waals surface area contributed by atoms with Gasteiger partial charge >= 0.3 is 5.97 Å². The Kier molecular flexibility index (Phi) is 4.60. The maximum Gasteiger partial charge on any atom is 0.303 e. The lowest BCUT2D eigenvalue weighted by Crippen LogP contribution is -2.06. The van der Waals surface area contributed by atoms with E-state index in [4.69, 9.17) is 5.11 Å². The van der Waals surface area contributed by atoms with Crippen molar-refractivity contribution in [2.75, 3.05) is 5.32 Å². The van der Waals surface area contributed by atoms with Crippen LogP contribution in [0.25, 0.3) is 11.4 Å². The fourth-order valence-corrected chi connectivity index (χ4v) is 1.85. The number of carboxylic acids is 1. The Morgan fingerprint density at radius 3 is 2.62 bits per heavy atom. The normalized spacial score (nSPS) is 10.3. The van der Waals surface area contributed by atoms with E-state index in [1.807, 2.05) is 0 Å². The van der Waals surface area contributed by atoms with E-state index in [1.54, 1.807) is 28.9 Å². The van der Waals surface area contributed by atoms with Crippen LogP contribution in [-0.4, -0.2) is 37.2 Å². The second kappa shape index (κ2) is 6.60. The molecule has 110 valence electrons. The third-order valence-corrected chi connectivity index (χ3v) is 2.76. The molecule has 1 aromatic carbocycles. The Morgan fingerprint density at radius 2 is 2.00 bits per heavy atom. The lowest BCUT2D eigenvalue weighted by molar-refractivity contribution is -0.137. The number of aliphatic carboxylic acids is 1. The van der Waals surface area contributed by atoms with Gasteiger partial charge < -0.3 is 10.4 Å². The minimum atomic E-state index is -0.843. The van der Waals surface area contributed by atoms with Gasteiger partial charge in [0, 0.05) is 31.1 Å². The first kappa shape index (κ1) is 14.6. The number of nitrogens with zero attached hydrogens (tertiary/aromatic N) is 4. The molecule has 0 saturated heterocycles. The van der Waals surface area contributed by atoms with E-state index in [9.17, 15) is 9.59 Å². The monoisotopic (exact) mass is 289 g/mol. The van der Waals surface area contributed by atoms with Crippen molar-refractivity contribution in [1.82, 2.24) is 20.2 Å². The van der Waals surface area contributed by atoms with E-state index in [1.165, 1.54) is 6.92 Å². The molecule has 0 spiro atoms. The van der Waals surface area contributed by atoms with Gasteiger partial charge in [0.25, 0.3) is 0 Å². The van der Waals surface area contributed by atoms with Crippen LogP contribution in [0.1, 0.15) is 19.8 Å². The molecule has 0 bridgehead atoms. The number of amides is 1. The lowest BCUT2D eigenvalue weighted by Gasteiger charge is -2.05. The molecule has 8 heteroatoms. The van der Waals surface area contributed by atoms with E-state index in [-0.39, 0.29) is 12.3 Å². The minimum absolute atomic E-state index is 0.0702. The fourth-order valence-electron chi connectivity index (χ4n) is 1.85. The number of anilines is 1. The number of carboxylic acid groups (broad SMARTS) is 1. The van der Waals surface area contributed by atoms with Gasteiger partial charge in [0.05, 0.1) is 0 Å². The molecule has 0 atom stereocenters. The highest BCUT2D eigenvalue weighted by Crippen LogP contribution is 2.19. The molecule has 2 aromatic rings. The summed E-state index contributed by atoms with van der Waals surface area (Å²) in [6.07, 6.45) is 0.526. The number of aromatic nitrogens is 4. The van der Waals surface area contributed by atoms with E-state index in [2.05, 4.69) is 20.8 Å². The van der Waals surface area contributed by atoms with Gasteiger partial charge in [0.1, 0.15) is 0 Å². The zero-order chi connectivity index (χ0) is 15.2. The molecule has 0 unspecified atom stereocenters. The Hall–Kier alpha value is -2.77. The number of rotatable bonds is 6. The second-order valence-electron chi connectivity index (χ2n) is 4.48. The number of tetrazole rings is 1. The van der Waals surface area contributed by atoms with Crippen LogP contribution in [0.15, 0.2) is 24.3 Å². The van der Waals surface area contributed by atoms with Crippen LogP contribution in [0, 0.1) is 0 Å². The van der Waals surface area contributed by atoms with Crippen LogP contribution in [0.4, 0.5) is 5.69 Å². The number of carbonyl (C=O) groups is 2. The Morgan fingerprint density at radius 1 is 1.29 bits per heavy atom. The van der Waals surface area contributed by atoms with Gasteiger partial charge in [-0.05, 0) is 41.1 Å². The Bertz CT molecular complexity index is 636. The van der Waals surface area contributed by atoms with Crippen LogP contribution < -0.4 is 5.32 Å². The summed E-state index contributed by atoms with van der Waals surface area (Å²) in [5.74, 6) is -0.416. The van der Waals surface area contributed by atoms with Crippen molar-refractivity contribution >= 4 is 17.6 Å². The molecule has 0 fully saturated rings. The summed E-state index contributed by atoms with van der Waals surface area (Å²) in [5, 5.41) is 22.7. The van der Waals surface area contributed by atoms with Gasteiger partial charge in [-0.15, -0.1) is 5.10 Å². The van der Waals surface area contributed by atoms with Gasteiger partial charge in [-0.25, -0.2) is 4.68 Å². The largest absolute Gasteiger partial charge is 0.481 e. The van der Waals surface area contributed by atoms with Crippen molar-refractivity contribution in [3.05, 3.63) is 24.3 Å². The van der Waals surface area contributed by atoms with Crippen molar-refractivity contribution < 1.29 is 14.7 Å². The fraction of sp³-hybridized carbons (Fsp3) is 0.308. The van der Waals surface area contributed by atoms with Gasteiger partial charge in [-0.1, -0.05) is 0 Å². The van der Waals surface area contributed by atoms with Crippen molar-refractivity contribution in [1.29, 1.82) is 0 Å². The Labute approximate surface area is 120 Å². The number of nitrogens with one attached hydrogen (secondary N) is 1. The van der Waals surface area contributed by atoms with E-state index < -0.39 is 5.97 Å². The highest BCUT2D eigenvalue weighted by Gasteiger charge is 2.09. The molecule has 0 aliphatic rings. The first-order valence-corrected chi connectivity index (χ1v) is 6.42. The number of hydrogen-bond donors (Lipinski definition) is 2. The summed E-state index contributed by atoms with van der Waals surface area (Å²) in [4.78, 5) is 21.5. The average Bonchev–Trinajstić information content (AvgIpc) is 2.87. The SMILES string of the molecule is CC(=O)Nc1ccc(-c2nnnn2CCCC(=O)O)cc1. The van der Waals surface area contributed by atoms with Gasteiger partial charge in [0.2, 0.25) is 5.91 Å². The molecule has 0 aliphatic heterocycles. The second-order valence-corrected chi connectivity index (χ2v) is 4.48. The maximum atomic E-state index is 11.0. The summed E-state index contributed by atoms with van der Waals surface area (Å²) < 4.78 is 1.57. The van der Waals surface area contributed by atoms with Crippen LogP contribution in [0.2, 0.25) is 0 Å². The molecule has 0 radical (unpaired) electrons. The van der Waals surface area contributed by atoms with Crippen LogP contribution >= 0.6 is 0 Å². The van der Waals surface area contributed by atoms with Crippen LogP contribution in [0.3, 0.4) is 0 Å². The van der Waals surface area contributed by atoms with Gasteiger partial charge in [-0.2, -0.15) is 0 Å². The highest BCUT2D eigenvalue weighted by molar-refractivity contribution is 5.88. The predicted octanol–water partition coefficient (Wildman–Crippen LogP) is 1.16. The average molecular weight is 289 g/mol. The zero-order valence-corrected chi connectivity index (χ0v) is 11.5. The predicted molar refractivity (Wildman–Crippen MR) is 74.4 cm³/mol. The maximum absolute atomic E-state index is 11.0. The van der Waals surface area contributed by atoms with Crippen LogP contribution in [0.5, 0.6) is 0 Å². The molecule has 1 aromatic heterocycles. The standard InChI is InChI=1S/C13H15N5O3/c1-9(19)14-11-6-4-10(5-7-11)13-15-16-17-18(13)8-2-3-12(20)21/h4-7H,2-3,8H2,1H3,(H,14,19)(H,20,21). The smallest absolute Gasteiger partial charge is 0.303 e. The zero-order valence-electron chi connectivity index (χ0n) is 11.5. The minimum Gasteiger partial charge on any atom is -0.481 e. The molecule has 21 heavy (non-hydrogen) atoms. The first-order chi connectivity index (χ1) is 10.1. The van der Waals surface area contributed by atoms with Crippen LogP contribution in [-0.2, 0) is 16.1 Å². The van der Waals surface area contributed by atoms with Gasteiger partial charge in [-0.3, -0.25) is 9.59 Å². The van der Waals surface area contributed by atoms with E-state index in [0.29, 0.717) is 24.5 Å². The molecule has 0 saturated carbocycles. The van der Waals surface area contributed by atoms with Crippen molar-refractivity contribution in [3.8, 4) is 11.4 Å². The first-order valence-electron chi connectivity index (χ1n) is 6.42. The van der Waals surface area contributed by atoms with Crippen molar-refractivity contribution in [3.63, 3.8) is 0 Å². The molecule has 1 heterocycles. The lowest BCUT2D eigenvalue weighted by atomic mass is 10.2. The molecule has 8 nitrogen and oxygen atoms in total. The number of carbonyl (C=O) groups excluding carboxylic acids is 1.